The van der Waals surface area contributed by atoms with E-state index in [2.05, 4.69) is 29.7 Å². The number of ether oxygens (including phenoxy) is 1. The monoisotopic (exact) mass is 268 g/mol. The molecule has 1 amide bonds. The number of thiophene rings is 1. The third-order valence-electron chi connectivity index (χ3n) is 3.37. The number of carbonyl (C=O) groups excluding carboxylic acids is 1. The third-order valence-corrected chi connectivity index (χ3v) is 4.37. The number of hydrogen-bond acceptors (Lipinski definition) is 4. The molecule has 1 aliphatic rings. The average molecular weight is 268 g/mol. The van der Waals surface area contributed by atoms with Crippen LogP contribution in [0.4, 0.5) is 0 Å². The second-order valence-electron chi connectivity index (χ2n) is 4.84. The number of hydrogen-bond donors (Lipinski definition) is 2. The molecule has 2 heterocycles. The van der Waals surface area contributed by atoms with Gasteiger partial charge in [-0.1, -0.05) is 0 Å². The van der Waals surface area contributed by atoms with Crippen LogP contribution >= 0.6 is 11.3 Å². The first-order valence-corrected chi connectivity index (χ1v) is 7.01. The van der Waals surface area contributed by atoms with Crippen LogP contribution < -0.4 is 10.6 Å². The summed E-state index contributed by atoms with van der Waals surface area (Å²) in [6.07, 6.45) is 0.843. The fraction of sp³-hybridized carbons (Fsp3) is 0.615. The highest BCUT2D eigenvalue weighted by Gasteiger charge is 2.41. The van der Waals surface area contributed by atoms with Gasteiger partial charge in [0.1, 0.15) is 0 Å². The van der Waals surface area contributed by atoms with Crippen LogP contribution in [0.2, 0.25) is 0 Å². The zero-order valence-electron chi connectivity index (χ0n) is 10.9. The predicted molar refractivity (Wildman–Crippen MR) is 72.7 cm³/mol. The molecule has 0 bridgehead atoms. The van der Waals surface area contributed by atoms with Crippen LogP contribution in [0.5, 0.6) is 0 Å². The molecule has 1 atom stereocenters. The molecule has 0 spiro atoms. The third kappa shape index (κ3) is 2.91. The molecule has 1 aromatic rings. The summed E-state index contributed by atoms with van der Waals surface area (Å²) in [5.41, 5.74) is -0.388. The smallest absolute Gasteiger partial charge is 0.230 e. The van der Waals surface area contributed by atoms with E-state index in [9.17, 15) is 4.79 Å². The maximum absolute atomic E-state index is 12.3. The van der Waals surface area contributed by atoms with Gasteiger partial charge in [-0.3, -0.25) is 4.79 Å². The summed E-state index contributed by atoms with van der Waals surface area (Å²) in [5, 5.41) is 6.27. The van der Waals surface area contributed by atoms with Gasteiger partial charge < -0.3 is 15.4 Å². The van der Waals surface area contributed by atoms with Crippen LogP contribution in [0, 0.1) is 12.3 Å². The standard InChI is InChI=1S/C13H20N2O2S/c1-10-3-4-11(18-10)7-15-12(16)13(9-17-2)5-6-14-8-13/h3-4,14H,5-9H2,1-2H3,(H,15,16). The number of carbonyl (C=O) groups is 1. The van der Waals surface area contributed by atoms with Crippen molar-refractivity contribution in [1.82, 2.24) is 10.6 Å². The van der Waals surface area contributed by atoms with E-state index in [4.69, 9.17) is 4.74 Å². The van der Waals surface area contributed by atoms with E-state index >= 15 is 0 Å². The van der Waals surface area contributed by atoms with Crippen LogP contribution in [0.15, 0.2) is 12.1 Å². The van der Waals surface area contributed by atoms with Crippen LogP contribution in [0.25, 0.3) is 0 Å². The van der Waals surface area contributed by atoms with Gasteiger partial charge in [-0.05, 0) is 32.0 Å². The molecule has 4 nitrogen and oxygen atoms in total. The van der Waals surface area contributed by atoms with Crippen LogP contribution in [0.3, 0.4) is 0 Å². The second-order valence-corrected chi connectivity index (χ2v) is 6.21. The topological polar surface area (TPSA) is 50.4 Å². The maximum Gasteiger partial charge on any atom is 0.230 e. The lowest BCUT2D eigenvalue weighted by Gasteiger charge is -2.25. The van der Waals surface area contributed by atoms with Gasteiger partial charge >= 0.3 is 0 Å². The zero-order valence-corrected chi connectivity index (χ0v) is 11.7. The molecule has 1 unspecified atom stereocenters. The fourth-order valence-corrected chi connectivity index (χ4v) is 3.17. The Morgan fingerprint density at radius 3 is 3.00 bits per heavy atom. The van der Waals surface area contributed by atoms with Gasteiger partial charge in [0.15, 0.2) is 0 Å². The predicted octanol–water partition coefficient (Wildman–Crippen LogP) is 1.30. The molecule has 5 heteroatoms. The van der Waals surface area contributed by atoms with Gasteiger partial charge in [-0.2, -0.15) is 0 Å². The molecule has 1 saturated heterocycles. The van der Waals surface area contributed by atoms with Crippen molar-refractivity contribution in [3.8, 4) is 0 Å². The lowest BCUT2D eigenvalue weighted by molar-refractivity contribution is -0.133. The SMILES string of the molecule is COCC1(C(=O)NCc2ccc(C)s2)CCNC1. The number of amides is 1. The van der Waals surface area contributed by atoms with E-state index in [1.807, 2.05) is 0 Å². The van der Waals surface area contributed by atoms with Crippen molar-refractivity contribution in [3.63, 3.8) is 0 Å². The molecule has 0 radical (unpaired) electrons. The Kier molecular flexibility index (Phi) is 4.37. The van der Waals surface area contributed by atoms with E-state index in [-0.39, 0.29) is 11.3 Å². The summed E-state index contributed by atoms with van der Waals surface area (Å²) in [6, 6.07) is 4.14. The Hall–Kier alpha value is -0.910. The summed E-state index contributed by atoms with van der Waals surface area (Å²) in [6.45, 7) is 4.76. The molecular formula is C13H20N2O2S. The summed E-state index contributed by atoms with van der Waals surface area (Å²) >= 11 is 1.72. The maximum atomic E-state index is 12.3. The van der Waals surface area contributed by atoms with E-state index in [0.29, 0.717) is 19.7 Å². The summed E-state index contributed by atoms with van der Waals surface area (Å²) in [4.78, 5) is 14.8. The summed E-state index contributed by atoms with van der Waals surface area (Å²) in [7, 11) is 1.65. The van der Waals surface area contributed by atoms with Gasteiger partial charge in [0.25, 0.3) is 0 Å². The van der Waals surface area contributed by atoms with Gasteiger partial charge in [-0.25, -0.2) is 0 Å². The number of nitrogens with one attached hydrogen (secondary N) is 2. The normalized spacial score (nSPS) is 23.2. The number of rotatable bonds is 5. The van der Waals surface area contributed by atoms with Crippen molar-refractivity contribution in [2.45, 2.75) is 19.9 Å². The van der Waals surface area contributed by atoms with Gasteiger partial charge in [0.05, 0.1) is 18.6 Å². The molecule has 18 heavy (non-hydrogen) atoms. The van der Waals surface area contributed by atoms with Crippen molar-refractivity contribution >= 4 is 17.2 Å². The Labute approximate surface area is 112 Å². The fourth-order valence-electron chi connectivity index (χ4n) is 2.34. The first-order chi connectivity index (χ1) is 8.66. The minimum absolute atomic E-state index is 0.0976. The Bertz CT molecular complexity index is 411. The average Bonchev–Trinajstić information content (AvgIpc) is 2.97. The molecule has 0 aliphatic carbocycles. The van der Waals surface area contributed by atoms with Gasteiger partial charge in [0.2, 0.25) is 5.91 Å². The van der Waals surface area contributed by atoms with E-state index in [1.165, 1.54) is 9.75 Å². The van der Waals surface area contributed by atoms with E-state index in [0.717, 1.165) is 13.0 Å². The Balaban J connectivity index is 1.93. The molecule has 2 N–H and O–H groups in total. The van der Waals surface area contributed by atoms with Crippen molar-refractivity contribution in [1.29, 1.82) is 0 Å². The van der Waals surface area contributed by atoms with Crippen LogP contribution in [0.1, 0.15) is 16.2 Å². The molecule has 100 valence electrons. The largest absolute Gasteiger partial charge is 0.384 e. The summed E-state index contributed by atoms with van der Waals surface area (Å²) in [5.74, 6) is 0.0976. The molecule has 2 rings (SSSR count). The number of methoxy groups -OCH3 is 1. The first kappa shape index (κ1) is 13.5. The molecule has 1 fully saturated rings. The Morgan fingerprint density at radius 1 is 1.61 bits per heavy atom. The lowest BCUT2D eigenvalue weighted by atomic mass is 9.87. The highest BCUT2D eigenvalue weighted by atomic mass is 32.1. The highest BCUT2D eigenvalue weighted by molar-refractivity contribution is 7.11. The molecule has 1 aromatic heterocycles. The first-order valence-electron chi connectivity index (χ1n) is 6.19. The summed E-state index contributed by atoms with van der Waals surface area (Å²) < 4.78 is 5.21. The van der Waals surface area contributed by atoms with E-state index in [1.54, 1.807) is 18.4 Å². The van der Waals surface area contributed by atoms with Crippen molar-refractivity contribution in [2.24, 2.45) is 5.41 Å². The van der Waals surface area contributed by atoms with Crippen molar-refractivity contribution < 1.29 is 9.53 Å². The van der Waals surface area contributed by atoms with Crippen LogP contribution in [-0.4, -0.2) is 32.7 Å². The number of aryl methyl sites for hydroxylation is 1. The molecule has 0 aromatic carbocycles. The molecular weight excluding hydrogens is 248 g/mol. The van der Waals surface area contributed by atoms with Crippen molar-refractivity contribution in [3.05, 3.63) is 21.9 Å². The molecule has 1 aliphatic heterocycles. The zero-order chi connectivity index (χ0) is 13.0. The van der Waals surface area contributed by atoms with Gasteiger partial charge in [-0.15, -0.1) is 11.3 Å². The van der Waals surface area contributed by atoms with Gasteiger partial charge in [0, 0.05) is 23.4 Å². The van der Waals surface area contributed by atoms with Crippen LogP contribution in [-0.2, 0) is 16.1 Å². The molecule has 0 saturated carbocycles. The highest BCUT2D eigenvalue weighted by Crippen LogP contribution is 2.26. The Morgan fingerprint density at radius 2 is 2.44 bits per heavy atom. The van der Waals surface area contributed by atoms with Crippen molar-refractivity contribution in [2.75, 3.05) is 26.8 Å². The minimum atomic E-state index is -0.388. The minimum Gasteiger partial charge on any atom is -0.384 e. The quantitative estimate of drug-likeness (QED) is 0.846. The second kappa shape index (κ2) is 5.82. The lowest BCUT2D eigenvalue weighted by Crippen LogP contribution is -2.45. The van der Waals surface area contributed by atoms with E-state index < -0.39 is 0 Å².